The van der Waals surface area contributed by atoms with Crippen molar-refractivity contribution in [2.75, 3.05) is 0 Å². The molecule has 1 aliphatic rings. The van der Waals surface area contributed by atoms with E-state index in [1.54, 1.807) is 6.08 Å². The van der Waals surface area contributed by atoms with Crippen molar-refractivity contribution in [2.45, 2.75) is 32.8 Å². The van der Waals surface area contributed by atoms with Gasteiger partial charge in [-0.2, -0.15) is 0 Å². The first-order chi connectivity index (χ1) is 9.34. The quantitative estimate of drug-likeness (QED) is 0.832. The molecule has 1 aromatic carbocycles. The van der Waals surface area contributed by atoms with Crippen LogP contribution in [0.1, 0.15) is 27.2 Å². The first kappa shape index (κ1) is 14.9. The Balaban J connectivity index is 2.34. The predicted octanol–water partition coefficient (Wildman–Crippen LogP) is 2.75. The van der Waals surface area contributed by atoms with Crippen LogP contribution in [0.25, 0.3) is 0 Å². The second-order valence-corrected chi connectivity index (χ2v) is 6.21. The van der Waals surface area contributed by atoms with Crippen LogP contribution in [0.2, 0.25) is 0 Å². The van der Waals surface area contributed by atoms with E-state index < -0.39 is 12.7 Å². The van der Waals surface area contributed by atoms with Crippen LogP contribution >= 0.6 is 0 Å². The molecule has 0 amide bonds. The minimum absolute atomic E-state index is 0.187. The molecule has 0 aliphatic heterocycles. The summed E-state index contributed by atoms with van der Waals surface area (Å²) in [7, 11) is -1.44. The predicted molar refractivity (Wildman–Crippen MR) is 81.3 cm³/mol. The van der Waals surface area contributed by atoms with Crippen LogP contribution in [0.5, 0.6) is 5.75 Å². The van der Waals surface area contributed by atoms with E-state index in [2.05, 4.69) is 20.8 Å². The fourth-order valence-electron chi connectivity index (χ4n) is 2.36. The topological polar surface area (TPSA) is 49.7 Å². The van der Waals surface area contributed by atoms with Crippen molar-refractivity contribution in [3.63, 3.8) is 0 Å². The maximum absolute atomic E-state index is 9.44. The highest BCUT2D eigenvalue weighted by molar-refractivity contribution is 6.50. The van der Waals surface area contributed by atoms with Crippen LogP contribution in [0.15, 0.2) is 54.0 Å². The largest absolute Gasteiger partial charge is 0.484 e. The minimum atomic E-state index is -1.44. The van der Waals surface area contributed by atoms with Crippen LogP contribution in [-0.4, -0.2) is 22.8 Å². The van der Waals surface area contributed by atoms with E-state index in [0.29, 0.717) is 11.9 Å². The molecule has 0 bridgehead atoms. The molecule has 1 aliphatic carbocycles. The van der Waals surface area contributed by atoms with Gasteiger partial charge in [0.05, 0.1) is 0 Å². The molecule has 0 radical (unpaired) electrons. The number of allylic oxidation sites excluding steroid dienone is 2. The van der Waals surface area contributed by atoms with Crippen LogP contribution in [0.3, 0.4) is 0 Å². The van der Waals surface area contributed by atoms with Crippen molar-refractivity contribution in [1.82, 2.24) is 0 Å². The van der Waals surface area contributed by atoms with E-state index in [4.69, 9.17) is 4.74 Å². The number of rotatable bonds is 3. The van der Waals surface area contributed by atoms with E-state index in [1.165, 1.54) is 0 Å². The maximum atomic E-state index is 9.44. The van der Waals surface area contributed by atoms with E-state index in [-0.39, 0.29) is 5.41 Å². The Morgan fingerprint density at radius 3 is 2.35 bits per heavy atom. The lowest BCUT2D eigenvalue weighted by Gasteiger charge is -2.44. The lowest BCUT2D eigenvalue weighted by Crippen LogP contribution is -2.49. The van der Waals surface area contributed by atoms with Gasteiger partial charge in [-0.3, -0.25) is 0 Å². The monoisotopic (exact) mass is 272 g/mol. The van der Waals surface area contributed by atoms with Gasteiger partial charge < -0.3 is 14.8 Å². The molecule has 2 N–H and O–H groups in total. The van der Waals surface area contributed by atoms with Gasteiger partial charge in [0.2, 0.25) is 0 Å². The first-order valence-corrected chi connectivity index (χ1v) is 6.83. The number of hydrogen-bond acceptors (Lipinski definition) is 3. The Labute approximate surface area is 120 Å². The molecule has 2 rings (SSSR count). The Kier molecular flexibility index (Phi) is 4.07. The molecule has 0 saturated carbocycles. The number of para-hydroxylation sites is 1. The smallest absolute Gasteiger partial charge is 0.482 e. The molecular weight excluding hydrogens is 251 g/mol. The van der Waals surface area contributed by atoms with Crippen LogP contribution in [0, 0.1) is 5.41 Å². The third kappa shape index (κ3) is 2.97. The summed E-state index contributed by atoms with van der Waals surface area (Å²) in [6.45, 7) is 6.27. The Bertz CT molecular complexity index is 514. The highest BCUT2D eigenvalue weighted by Crippen LogP contribution is 2.42. The fraction of sp³-hybridized carbons (Fsp3) is 0.375. The number of benzene rings is 1. The van der Waals surface area contributed by atoms with Gasteiger partial charge in [0.25, 0.3) is 0 Å². The lowest BCUT2D eigenvalue weighted by atomic mass is 9.64. The molecule has 1 atom stereocenters. The van der Waals surface area contributed by atoms with Crippen molar-refractivity contribution in [2.24, 2.45) is 5.41 Å². The number of hydrogen-bond donors (Lipinski definition) is 2. The maximum Gasteiger partial charge on any atom is 0.484 e. The molecule has 0 aromatic heterocycles. The summed E-state index contributed by atoms with van der Waals surface area (Å²) in [6.07, 6.45) is 6.04. The van der Waals surface area contributed by atoms with Crippen LogP contribution in [-0.2, 0) is 0 Å². The molecule has 4 heteroatoms. The molecule has 0 spiro atoms. The average Bonchev–Trinajstić information content (AvgIpc) is 2.39. The van der Waals surface area contributed by atoms with Gasteiger partial charge in [0, 0.05) is 11.8 Å². The zero-order valence-electron chi connectivity index (χ0n) is 12.2. The first-order valence-electron chi connectivity index (χ1n) is 6.83. The molecule has 0 fully saturated rings. The zero-order valence-corrected chi connectivity index (χ0v) is 12.2. The Hall–Kier alpha value is -1.52. The summed E-state index contributed by atoms with van der Waals surface area (Å²) in [5, 5.41) is 18.9. The number of ether oxygens (including phenoxy) is 1. The molecule has 20 heavy (non-hydrogen) atoms. The normalized spacial score (nSPS) is 22.4. The molecule has 3 nitrogen and oxygen atoms in total. The molecular formula is C16H21BO3. The molecule has 106 valence electrons. The Morgan fingerprint density at radius 1 is 1.15 bits per heavy atom. The van der Waals surface area contributed by atoms with Crippen molar-refractivity contribution in [3.8, 4) is 5.75 Å². The van der Waals surface area contributed by atoms with Gasteiger partial charge in [-0.25, -0.2) is 0 Å². The van der Waals surface area contributed by atoms with Gasteiger partial charge in [-0.15, -0.1) is 0 Å². The van der Waals surface area contributed by atoms with Gasteiger partial charge in [-0.05, 0) is 23.7 Å². The third-order valence-electron chi connectivity index (χ3n) is 3.79. The minimum Gasteiger partial charge on any atom is -0.482 e. The van der Waals surface area contributed by atoms with E-state index in [0.717, 1.165) is 5.75 Å². The fourth-order valence-corrected chi connectivity index (χ4v) is 2.36. The van der Waals surface area contributed by atoms with E-state index >= 15 is 0 Å². The second-order valence-electron chi connectivity index (χ2n) is 6.21. The van der Waals surface area contributed by atoms with Gasteiger partial charge in [0.1, 0.15) is 11.4 Å². The third-order valence-corrected chi connectivity index (χ3v) is 3.79. The standard InChI is InChI=1S/C16H21BO3/c1-15(2,3)16(20-14-9-5-4-6-10-14)11-7-8-13(12-16)17(18)19/h4-11,18-19H,12H2,1-3H3. The lowest BCUT2D eigenvalue weighted by molar-refractivity contribution is 0.0109. The molecule has 1 aromatic rings. The Morgan fingerprint density at radius 2 is 1.80 bits per heavy atom. The molecule has 0 saturated heterocycles. The highest BCUT2D eigenvalue weighted by atomic mass is 16.5. The second kappa shape index (κ2) is 5.47. The molecule has 0 heterocycles. The summed E-state index contributed by atoms with van der Waals surface area (Å²) in [6, 6.07) is 9.62. The summed E-state index contributed by atoms with van der Waals surface area (Å²) in [5.74, 6) is 0.778. The van der Waals surface area contributed by atoms with Gasteiger partial charge in [0.15, 0.2) is 0 Å². The van der Waals surface area contributed by atoms with E-state index in [1.807, 2.05) is 42.5 Å². The van der Waals surface area contributed by atoms with Crippen molar-refractivity contribution < 1.29 is 14.8 Å². The zero-order chi connectivity index (χ0) is 14.8. The van der Waals surface area contributed by atoms with E-state index in [9.17, 15) is 10.0 Å². The van der Waals surface area contributed by atoms with Crippen molar-refractivity contribution in [3.05, 3.63) is 54.0 Å². The summed E-state index contributed by atoms with van der Waals surface area (Å²) >= 11 is 0. The summed E-state index contributed by atoms with van der Waals surface area (Å²) in [4.78, 5) is 0. The average molecular weight is 272 g/mol. The van der Waals surface area contributed by atoms with Gasteiger partial charge in [-0.1, -0.05) is 51.1 Å². The van der Waals surface area contributed by atoms with Crippen molar-refractivity contribution >= 4 is 7.12 Å². The molecule has 1 unspecified atom stereocenters. The SMILES string of the molecule is CC(C)(C)C1(Oc2ccccc2)C=CC=C(B(O)O)C1. The van der Waals surface area contributed by atoms with Crippen molar-refractivity contribution in [1.29, 1.82) is 0 Å². The van der Waals surface area contributed by atoms with Crippen LogP contribution < -0.4 is 4.74 Å². The van der Waals surface area contributed by atoms with Crippen LogP contribution in [0.4, 0.5) is 0 Å². The summed E-state index contributed by atoms with van der Waals surface area (Å²) in [5.41, 5.74) is -0.214. The van der Waals surface area contributed by atoms with Gasteiger partial charge >= 0.3 is 7.12 Å². The summed E-state index contributed by atoms with van der Waals surface area (Å²) < 4.78 is 6.24. The highest BCUT2D eigenvalue weighted by Gasteiger charge is 2.45.